The first-order valence-corrected chi connectivity index (χ1v) is 18.0. The van der Waals surface area contributed by atoms with Crippen molar-refractivity contribution in [2.24, 2.45) is 5.73 Å². The van der Waals surface area contributed by atoms with Crippen LogP contribution in [-0.2, 0) is 22.4 Å². The quantitative estimate of drug-likeness (QED) is 0.176. The predicted molar refractivity (Wildman–Crippen MR) is 198 cm³/mol. The van der Waals surface area contributed by atoms with Crippen molar-refractivity contribution in [3.8, 4) is 11.1 Å². The van der Waals surface area contributed by atoms with Gasteiger partial charge >= 0.3 is 0 Å². The number of rotatable bonds is 14. The molecular formula is C40H49N5O3S. The summed E-state index contributed by atoms with van der Waals surface area (Å²) >= 11 is 1.57. The maximum Gasteiger partial charge on any atom is 0.254 e. The Morgan fingerprint density at radius 3 is 2.29 bits per heavy atom. The van der Waals surface area contributed by atoms with Crippen molar-refractivity contribution in [3.05, 3.63) is 118 Å². The summed E-state index contributed by atoms with van der Waals surface area (Å²) in [6.45, 7) is 3.50. The molecule has 1 aromatic heterocycles. The number of amides is 3. The molecule has 1 aliphatic rings. The summed E-state index contributed by atoms with van der Waals surface area (Å²) in [5.41, 5.74) is 10.5. The molecule has 0 radical (unpaired) electrons. The van der Waals surface area contributed by atoms with Gasteiger partial charge in [0.05, 0.1) is 0 Å². The molecule has 8 nitrogen and oxygen atoms in total. The van der Waals surface area contributed by atoms with E-state index in [2.05, 4.69) is 29.4 Å². The predicted octanol–water partition coefficient (Wildman–Crippen LogP) is 5.79. The Morgan fingerprint density at radius 2 is 1.63 bits per heavy atom. The number of likely N-dealkylation sites (tertiary alicyclic amines) is 1. The summed E-state index contributed by atoms with van der Waals surface area (Å²) in [5, 5.41) is 5.12. The second-order valence-electron chi connectivity index (χ2n) is 13.2. The first kappa shape index (κ1) is 36.0. The third-order valence-corrected chi connectivity index (χ3v) is 10.7. The van der Waals surface area contributed by atoms with Gasteiger partial charge in [-0.25, -0.2) is 0 Å². The molecule has 0 bridgehead atoms. The summed E-state index contributed by atoms with van der Waals surface area (Å²) in [5.74, 6) is -0.761. The van der Waals surface area contributed by atoms with Crippen LogP contribution in [0.2, 0.25) is 0 Å². The molecule has 49 heavy (non-hydrogen) atoms. The Labute approximate surface area is 294 Å². The van der Waals surface area contributed by atoms with E-state index >= 15 is 0 Å². The van der Waals surface area contributed by atoms with Crippen LogP contribution in [0.1, 0.15) is 58.6 Å². The standard InChI is InChI=1S/C40H49N5O3S/c1-28(41)32-13-8-14-33(26-32)39(47)45(4)37(25-29-17-19-31(20-18-29)30-11-6-5-7-12-30)40(48)44(3)36(27-35-16-10-24-49-35)38(46)42-22-21-34-15-9-23-43(34)2/h5-8,10-14,16-20,24,26,28,34,36-37H,9,15,21-23,25,27,41H2,1-4H3,(H,42,46). The number of nitrogens with one attached hydrogen (secondary N) is 1. The molecule has 4 unspecified atom stereocenters. The van der Waals surface area contributed by atoms with Crippen LogP contribution in [0.4, 0.5) is 0 Å². The minimum atomic E-state index is -0.857. The van der Waals surface area contributed by atoms with E-state index in [1.807, 2.05) is 79.0 Å². The van der Waals surface area contributed by atoms with Crippen LogP contribution < -0.4 is 11.1 Å². The number of hydrogen-bond donors (Lipinski definition) is 2. The molecule has 3 N–H and O–H groups in total. The van der Waals surface area contributed by atoms with Gasteiger partial charge in [-0.2, -0.15) is 0 Å². The monoisotopic (exact) mass is 679 g/mol. The lowest BCUT2D eigenvalue weighted by molar-refractivity contribution is -0.142. The highest BCUT2D eigenvalue weighted by atomic mass is 32.1. The van der Waals surface area contributed by atoms with Gasteiger partial charge in [0.1, 0.15) is 12.1 Å². The van der Waals surface area contributed by atoms with Crippen molar-refractivity contribution in [2.75, 3.05) is 34.2 Å². The van der Waals surface area contributed by atoms with Gasteiger partial charge in [0.25, 0.3) is 5.91 Å². The van der Waals surface area contributed by atoms with E-state index in [0.29, 0.717) is 24.6 Å². The van der Waals surface area contributed by atoms with Gasteiger partial charge in [-0.1, -0.05) is 72.8 Å². The van der Waals surface area contributed by atoms with Gasteiger partial charge in [0.15, 0.2) is 0 Å². The maximum atomic E-state index is 14.6. The largest absolute Gasteiger partial charge is 0.354 e. The molecule has 4 atom stereocenters. The number of likely N-dealkylation sites (N-methyl/N-ethyl adjacent to an activating group) is 2. The molecule has 2 heterocycles. The van der Waals surface area contributed by atoms with Gasteiger partial charge in [-0.05, 0) is 85.6 Å². The lowest BCUT2D eigenvalue weighted by atomic mass is 9.98. The average Bonchev–Trinajstić information content (AvgIpc) is 3.80. The molecule has 5 rings (SSSR count). The summed E-state index contributed by atoms with van der Waals surface area (Å²) in [4.78, 5) is 48.9. The second kappa shape index (κ2) is 16.9. The van der Waals surface area contributed by atoms with Crippen LogP contribution >= 0.6 is 11.3 Å². The van der Waals surface area contributed by atoms with Crippen LogP contribution in [0.5, 0.6) is 0 Å². The molecular weight excluding hydrogens is 631 g/mol. The molecule has 4 aromatic rings. The normalized spacial score (nSPS) is 16.5. The molecule has 0 saturated carbocycles. The number of carbonyl (C=O) groups excluding carboxylic acids is 3. The highest BCUT2D eigenvalue weighted by Gasteiger charge is 2.36. The molecule has 1 saturated heterocycles. The first-order valence-electron chi connectivity index (χ1n) is 17.2. The third kappa shape index (κ3) is 9.23. The number of benzene rings is 3. The second-order valence-corrected chi connectivity index (χ2v) is 14.3. The smallest absolute Gasteiger partial charge is 0.254 e. The van der Waals surface area contributed by atoms with Crippen molar-refractivity contribution in [1.82, 2.24) is 20.0 Å². The molecule has 258 valence electrons. The Morgan fingerprint density at radius 1 is 0.898 bits per heavy atom. The Bertz CT molecular complexity index is 1680. The van der Waals surface area contributed by atoms with Crippen LogP contribution in [-0.4, -0.2) is 84.8 Å². The van der Waals surface area contributed by atoms with Crippen molar-refractivity contribution in [2.45, 2.75) is 63.2 Å². The molecule has 1 fully saturated rings. The number of hydrogen-bond acceptors (Lipinski definition) is 6. The number of nitrogens with zero attached hydrogens (tertiary/aromatic N) is 3. The summed E-state index contributed by atoms with van der Waals surface area (Å²) in [6, 6.07) is 28.0. The summed E-state index contributed by atoms with van der Waals surface area (Å²) in [7, 11) is 5.49. The SMILES string of the molecule is CC(N)c1cccc(C(=O)N(C)C(Cc2ccc(-c3ccccc3)cc2)C(=O)N(C)C(Cc2cccs2)C(=O)NCCC2CCCN2C)c1. The number of thiophene rings is 1. The average molecular weight is 680 g/mol. The van der Waals surface area contributed by atoms with Crippen molar-refractivity contribution in [3.63, 3.8) is 0 Å². The van der Waals surface area contributed by atoms with Gasteiger partial charge < -0.3 is 25.8 Å². The van der Waals surface area contributed by atoms with E-state index in [4.69, 9.17) is 5.73 Å². The van der Waals surface area contributed by atoms with Crippen molar-refractivity contribution >= 4 is 29.1 Å². The first-order chi connectivity index (χ1) is 23.6. The van der Waals surface area contributed by atoms with E-state index in [0.717, 1.165) is 46.5 Å². The molecule has 1 aliphatic heterocycles. The third-order valence-electron chi connectivity index (χ3n) is 9.76. The molecule has 0 aliphatic carbocycles. The van der Waals surface area contributed by atoms with Crippen LogP contribution in [0.3, 0.4) is 0 Å². The zero-order chi connectivity index (χ0) is 34.9. The van der Waals surface area contributed by atoms with E-state index in [9.17, 15) is 14.4 Å². The zero-order valence-electron chi connectivity index (χ0n) is 29.0. The molecule has 9 heteroatoms. The topological polar surface area (TPSA) is 99.0 Å². The minimum absolute atomic E-state index is 0.186. The van der Waals surface area contributed by atoms with E-state index < -0.39 is 12.1 Å². The molecule has 3 amide bonds. The Balaban J connectivity index is 1.41. The lowest BCUT2D eigenvalue weighted by Crippen LogP contribution is -2.56. The van der Waals surface area contributed by atoms with Gasteiger partial charge in [-0.15, -0.1) is 11.3 Å². The van der Waals surface area contributed by atoms with Crippen molar-refractivity contribution < 1.29 is 14.4 Å². The van der Waals surface area contributed by atoms with E-state index in [-0.39, 0.29) is 30.2 Å². The molecule has 0 spiro atoms. The lowest BCUT2D eigenvalue weighted by Gasteiger charge is -2.34. The van der Waals surface area contributed by atoms with Gasteiger partial charge in [0.2, 0.25) is 11.8 Å². The van der Waals surface area contributed by atoms with Crippen LogP contribution in [0.25, 0.3) is 11.1 Å². The highest BCUT2D eigenvalue weighted by molar-refractivity contribution is 7.09. The van der Waals surface area contributed by atoms with E-state index in [1.165, 1.54) is 11.3 Å². The maximum absolute atomic E-state index is 14.6. The van der Waals surface area contributed by atoms with Crippen LogP contribution in [0.15, 0.2) is 96.4 Å². The fraction of sp³-hybridized carbons (Fsp3) is 0.375. The Hall–Kier alpha value is -4.31. The number of nitrogens with two attached hydrogens (primary N) is 1. The zero-order valence-corrected chi connectivity index (χ0v) is 29.9. The fourth-order valence-corrected chi connectivity index (χ4v) is 7.36. The van der Waals surface area contributed by atoms with Gasteiger partial charge in [0, 0.05) is 56.0 Å². The fourth-order valence-electron chi connectivity index (χ4n) is 6.61. The van der Waals surface area contributed by atoms with Crippen molar-refractivity contribution in [1.29, 1.82) is 0 Å². The Kier molecular flexibility index (Phi) is 12.4. The molecule has 3 aromatic carbocycles. The van der Waals surface area contributed by atoms with Gasteiger partial charge in [-0.3, -0.25) is 14.4 Å². The highest BCUT2D eigenvalue weighted by Crippen LogP contribution is 2.23. The number of carbonyl (C=O) groups is 3. The van der Waals surface area contributed by atoms with E-state index in [1.54, 1.807) is 42.5 Å². The van der Waals surface area contributed by atoms with Crippen LogP contribution in [0, 0.1) is 0 Å². The minimum Gasteiger partial charge on any atom is -0.354 e. The summed E-state index contributed by atoms with van der Waals surface area (Å²) in [6.07, 6.45) is 3.85. The summed E-state index contributed by atoms with van der Waals surface area (Å²) < 4.78 is 0.